The Balaban J connectivity index is 0.00000288. The Hall–Kier alpha value is -0.920. The number of oxazole rings is 1. The molecule has 0 saturated heterocycles. The largest absolute Gasteiger partial charge is 0.440 e. The van der Waals surface area contributed by atoms with Gasteiger partial charge < -0.3 is 15.1 Å². The molecule has 1 aromatic carbocycles. The zero-order valence-corrected chi connectivity index (χ0v) is 17.2. The molecule has 5 nitrogen and oxygen atoms in total. The summed E-state index contributed by atoms with van der Waals surface area (Å²) < 4.78 is 5.72. The van der Waals surface area contributed by atoms with Crippen LogP contribution in [0.3, 0.4) is 0 Å². The van der Waals surface area contributed by atoms with Crippen LogP contribution in [0.2, 0.25) is 5.02 Å². The van der Waals surface area contributed by atoms with Gasteiger partial charge in [-0.15, -0.1) is 36.6 Å². The second kappa shape index (κ2) is 12.4. The Morgan fingerprint density at radius 1 is 1.28 bits per heavy atom. The third-order valence-corrected chi connectivity index (χ3v) is 4.56. The van der Waals surface area contributed by atoms with E-state index in [9.17, 15) is 4.79 Å². The van der Waals surface area contributed by atoms with Gasteiger partial charge in [0.25, 0.3) is 0 Å². The quantitative estimate of drug-likeness (QED) is 0.629. The lowest BCUT2D eigenvalue weighted by Gasteiger charge is -2.10. The van der Waals surface area contributed by atoms with Gasteiger partial charge in [-0.05, 0) is 38.2 Å². The smallest absolute Gasteiger partial charge is 0.232 e. The Kier molecular flexibility index (Phi) is 12.0. The molecule has 25 heavy (non-hydrogen) atoms. The van der Waals surface area contributed by atoms with Gasteiger partial charge in [-0.25, -0.2) is 4.98 Å². The molecule has 1 heterocycles. The lowest BCUT2D eigenvalue weighted by Crippen LogP contribution is -2.35. The van der Waals surface area contributed by atoms with Crippen LogP contribution in [0.25, 0.3) is 11.3 Å². The molecule has 1 atom stereocenters. The fourth-order valence-corrected chi connectivity index (χ4v) is 2.74. The van der Waals surface area contributed by atoms with Crippen molar-refractivity contribution in [2.75, 3.05) is 20.1 Å². The van der Waals surface area contributed by atoms with Crippen LogP contribution in [0.1, 0.15) is 12.8 Å². The number of aromatic nitrogens is 1. The summed E-state index contributed by atoms with van der Waals surface area (Å²) in [4.78, 5) is 16.1. The summed E-state index contributed by atoms with van der Waals surface area (Å²) in [5.41, 5.74) is 0.927. The Bertz CT molecular complexity index is 638. The summed E-state index contributed by atoms with van der Waals surface area (Å²) >= 11 is 7.37. The van der Waals surface area contributed by atoms with Crippen LogP contribution in [-0.4, -0.2) is 36.3 Å². The Morgan fingerprint density at radius 2 is 1.96 bits per heavy atom. The summed E-state index contributed by atoms with van der Waals surface area (Å²) in [5, 5.41) is 6.38. The number of likely N-dealkylation sites (N-methyl/N-ethyl adjacent to an activating group) is 1. The van der Waals surface area contributed by atoms with Gasteiger partial charge >= 0.3 is 0 Å². The molecule has 1 unspecified atom stereocenters. The van der Waals surface area contributed by atoms with Gasteiger partial charge in [-0.2, -0.15) is 0 Å². The van der Waals surface area contributed by atoms with E-state index in [2.05, 4.69) is 15.6 Å². The second-order valence-corrected chi connectivity index (χ2v) is 6.74. The van der Waals surface area contributed by atoms with Gasteiger partial charge in [0.15, 0.2) is 5.76 Å². The minimum Gasteiger partial charge on any atom is -0.440 e. The molecule has 0 fully saturated rings. The predicted molar refractivity (Wildman–Crippen MR) is 109 cm³/mol. The van der Waals surface area contributed by atoms with Crippen LogP contribution >= 0.6 is 48.2 Å². The average molecular weight is 427 g/mol. The predicted octanol–water partition coefficient (Wildman–Crippen LogP) is 3.80. The molecule has 9 heteroatoms. The van der Waals surface area contributed by atoms with Crippen LogP contribution in [0.4, 0.5) is 0 Å². The van der Waals surface area contributed by atoms with E-state index < -0.39 is 0 Å². The van der Waals surface area contributed by atoms with E-state index in [4.69, 9.17) is 16.0 Å². The van der Waals surface area contributed by atoms with Crippen molar-refractivity contribution in [2.45, 2.75) is 17.9 Å². The van der Waals surface area contributed by atoms with Crippen LogP contribution < -0.4 is 10.6 Å². The van der Waals surface area contributed by atoms with Gasteiger partial charge in [0, 0.05) is 23.7 Å². The molecule has 140 valence electrons. The molecule has 0 aliphatic rings. The Labute approximate surface area is 169 Å². The molecular formula is C16H22Cl3N3O2S. The van der Waals surface area contributed by atoms with Crippen molar-refractivity contribution in [3.05, 3.63) is 41.4 Å². The second-order valence-electron chi connectivity index (χ2n) is 4.97. The minimum absolute atomic E-state index is 0. The number of amides is 1. The van der Waals surface area contributed by atoms with Crippen LogP contribution in [0.5, 0.6) is 0 Å². The fraction of sp³-hybridized carbons (Fsp3) is 0.375. The van der Waals surface area contributed by atoms with E-state index in [0.29, 0.717) is 29.0 Å². The SMILES string of the molecule is CNCCNC(=O)C(C)SCc1ncc(-c2ccc(Cl)cc2)o1.Cl.Cl. The van der Waals surface area contributed by atoms with Crippen molar-refractivity contribution in [1.29, 1.82) is 0 Å². The van der Waals surface area contributed by atoms with Crippen molar-refractivity contribution in [3.8, 4) is 11.3 Å². The van der Waals surface area contributed by atoms with Crippen molar-refractivity contribution < 1.29 is 9.21 Å². The normalized spacial score (nSPS) is 11.2. The number of nitrogens with one attached hydrogen (secondary N) is 2. The molecule has 1 aromatic heterocycles. The third-order valence-electron chi connectivity index (χ3n) is 3.18. The van der Waals surface area contributed by atoms with Gasteiger partial charge in [0.1, 0.15) is 0 Å². The first-order chi connectivity index (χ1) is 11.1. The maximum atomic E-state index is 11.9. The maximum absolute atomic E-state index is 11.9. The molecule has 0 radical (unpaired) electrons. The van der Waals surface area contributed by atoms with E-state index in [1.54, 1.807) is 6.20 Å². The highest BCUT2D eigenvalue weighted by Gasteiger charge is 2.14. The molecule has 2 aromatic rings. The number of carbonyl (C=O) groups is 1. The van der Waals surface area contributed by atoms with Crippen molar-refractivity contribution in [3.63, 3.8) is 0 Å². The summed E-state index contributed by atoms with van der Waals surface area (Å²) in [5.74, 6) is 1.88. The summed E-state index contributed by atoms with van der Waals surface area (Å²) in [6.45, 7) is 3.26. The standard InChI is InChI=1S/C16H20ClN3O2S.2ClH/c1-11(16(21)19-8-7-18-2)23-10-15-20-9-14(22-15)12-3-5-13(17)6-4-12;;/h3-6,9,11,18H,7-8,10H2,1-2H3,(H,19,21);2*1H. The average Bonchev–Trinajstić information content (AvgIpc) is 3.02. The lowest BCUT2D eigenvalue weighted by atomic mass is 10.2. The summed E-state index contributed by atoms with van der Waals surface area (Å²) in [7, 11) is 1.85. The zero-order valence-electron chi connectivity index (χ0n) is 14.0. The van der Waals surface area contributed by atoms with Crippen LogP contribution in [0, 0.1) is 0 Å². The first kappa shape index (κ1) is 24.1. The summed E-state index contributed by atoms with van der Waals surface area (Å²) in [6, 6.07) is 7.39. The minimum atomic E-state index is -0.155. The molecule has 0 aliphatic heterocycles. The van der Waals surface area contributed by atoms with Crippen molar-refractivity contribution in [2.24, 2.45) is 0 Å². The number of nitrogens with zero attached hydrogens (tertiary/aromatic N) is 1. The van der Waals surface area contributed by atoms with Gasteiger partial charge in [-0.1, -0.05) is 11.6 Å². The number of carbonyl (C=O) groups excluding carboxylic acids is 1. The van der Waals surface area contributed by atoms with Crippen LogP contribution in [0.15, 0.2) is 34.9 Å². The highest BCUT2D eigenvalue weighted by molar-refractivity contribution is 7.99. The number of rotatable bonds is 8. The van der Waals surface area contributed by atoms with Crippen LogP contribution in [-0.2, 0) is 10.5 Å². The van der Waals surface area contributed by atoms with Gasteiger partial charge in [0.05, 0.1) is 17.2 Å². The monoisotopic (exact) mass is 425 g/mol. The molecule has 0 saturated carbocycles. The maximum Gasteiger partial charge on any atom is 0.232 e. The van der Waals surface area contributed by atoms with E-state index in [0.717, 1.165) is 12.1 Å². The van der Waals surface area contributed by atoms with E-state index in [-0.39, 0.29) is 36.0 Å². The Morgan fingerprint density at radius 3 is 2.60 bits per heavy atom. The molecule has 1 amide bonds. The molecular weight excluding hydrogens is 405 g/mol. The lowest BCUT2D eigenvalue weighted by molar-refractivity contribution is -0.120. The zero-order chi connectivity index (χ0) is 16.7. The fourth-order valence-electron chi connectivity index (χ4n) is 1.85. The first-order valence-electron chi connectivity index (χ1n) is 7.34. The molecule has 2 N–H and O–H groups in total. The molecule has 0 aliphatic carbocycles. The molecule has 0 bridgehead atoms. The topological polar surface area (TPSA) is 67.2 Å². The number of hydrogen-bond acceptors (Lipinski definition) is 5. The van der Waals surface area contributed by atoms with Gasteiger partial charge in [0.2, 0.25) is 11.8 Å². The van der Waals surface area contributed by atoms with Crippen molar-refractivity contribution >= 4 is 54.1 Å². The van der Waals surface area contributed by atoms with E-state index in [1.165, 1.54) is 11.8 Å². The van der Waals surface area contributed by atoms with Crippen molar-refractivity contribution in [1.82, 2.24) is 15.6 Å². The highest BCUT2D eigenvalue weighted by Crippen LogP contribution is 2.24. The number of hydrogen-bond donors (Lipinski definition) is 2. The molecule has 0 spiro atoms. The van der Waals surface area contributed by atoms with E-state index in [1.807, 2.05) is 38.2 Å². The molecule has 2 rings (SSSR count). The first-order valence-corrected chi connectivity index (χ1v) is 8.77. The number of benzene rings is 1. The van der Waals surface area contributed by atoms with E-state index >= 15 is 0 Å². The summed E-state index contributed by atoms with van der Waals surface area (Å²) in [6.07, 6.45) is 1.69. The third kappa shape index (κ3) is 7.88. The van der Waals surface area contributed by atoms with Gasteiger partial charge in [-0.3, -0.25) is 4.79 Å². The number of thioether (sulfide) groups is 1. The number of halogens is 3. The highest BCUT2D eigenvalue weighted by atomic mass is 35.5.